The van der Waals surface area contributed by atoms with E-state index >= 15 is 0 Å². The maximum atomic E-state index is 11.6. The number of aromatic nitrogens is 2. The van der Waals surface area contributed by atoms with Crippen molar-refractivity contribution in [3.8, 4) is 11.3 Å². The Balaban J connectivity index is 1.65. The van der Waals surface area contributed by atoms with Crippen LogP contribution in [0.4, 0.5) is 0 Å². The first-order valence-corrected chi connectivity index (χ1v) is 11.2. The maximum absolute atomic E-state index is 11.6. The molecular weight excluding hydrogens is 344 g/mol. The first-order valence-electron chi connectivity index (χ1n) is 9.27. The second-order valence-electron chi connectivity index (χ2n) is 7.38. The van der Waals surface area contributed by atoms with Gasteiger partial charge in [-0.05, 0) is 49.1 Å². The molecule has 136 valence electrons. The molecule has 1 fully saturated rings. The van der Waals surface area contributed by atoms with Crippen molar-refractivity contribution >= 4 is 20.9 Å². The van der Waals surface area contributed by atoms with E-state index in [2.05, 4.69) is 22.9 Å². The second-order valence-corrected chi connectivity index (χ2v) is 9.39. The van der Waals surface area contributed by atoms with E-state index < -0.39 is 9.84 Å². The minimum absolute atomic E-state index is 0.336. The lowest BCUT2D eigenvalue weighted by atomic mass is 9.89. The van der Waals surface area contributed by atoms with Gasteiger partial charge in [0.2, 0.25) is 0 Å². The number of sulfone groups is 1. The molecule has 2 heterocycles. The van der Waals surface area contributed by atoms with Gasteiger partial charge in [-0.1, -0.05) is 31.4 Å². The van der Waals surface area contributed by atoms with Crippen LogP contribution in [0.15, 0.2) is 53.6 Å². The molecule has 0 radical (unpaired) electrons. The molecule has 0 N–H and O–H groups in total. The Morgan fingerprint density at radius 1 is 1.00 bits per heavy atom. The van der Waals surface area contributed by atoms with E-state index in [1.165, 1.54) is 38.4 Å². The van der Waals surface area contributed by atoms with Gasteiger partial charge in [-0.3, -0.25) is 0 Å². The predicted molar refractivity (Wildman–Crippen MR) is 105 cm³/mol. The van der Waals surface area contributed by atoms with E-state index in [4.69, 9.17) is 4.98 Å². The van der Waals surface area contributed by atoms with Gasteiger partial charge < -0.3 is 4.57 Å². The molecule has 4 nitrogen and oxygen atoms in total. The van der Waals surface area contributed by atoms with Crippen LogP contribution in [-0.2, 0) is 16.4 Å². The second kappa shape index (κ2) is 6.88. The Morgan fingerprint density at radius 2 is 1.73 bits per heavy atom. The lowest BCUT2D eigenvalue weighted by Gasteiger charge is -2.22. The van der Waals surface area contributed by atoms with Gasteiger partial charge in [-0.25, -0.2) is 13.4 Å². The quantitative estimate of drug-likeness (QED) is 0.671. The molecule has 0 spiro atoms. The number of benzene rings is 1. The molecule has 3 aromatic rings. The molecule has 0 amide bonds. The van der Waals surface area contributed by atoms with Crippen LogP contribution in [0.1, 0.15) is 32.1 Å². The number of hydrogen-bond donors (Lipinski definition) is 0. The Kier molecular flexibility index (Phi) is 4.57. The third-order valence-corrected chi connectivity index (χ3v) is 6.50. The minimum Gasteiger partial charge on any atom is -0.332 e. The lowest BCUT2D eigenvalue weighted by molar-refractivity contribution is 0.322. The minimum atomic E-state index is -3.18. The first-order chi connectivity index (χ1) is 12.5. The lowest BCUT2D eigenvalue weighted by Crippen LogP contribution is -2.13. The van der Waals surface area contributed by atoms with E-state index in [1.807, 2.05) is 18.2 Å². The van der Waals surface area contributed by atoms with Gasteiger partial charge >= 0.3 is 0 Å². The molecule has 2 aromatic heterocycles. The van der Waals surface area contributed by atoms with Crippen molar-refractivity contribution in [2.75, 3.05) is 6.26 Å². The average molecular weight is 369 g/mol. The Bertz CT molecular complexity index is 1010. The van der Waals surface area contributed by atoms with Crippen molar-refractivity contribution in [3.05, 3.63) is 48.7 Å². The topological polar surface area (TPSA) is 52.0 Å². The van der Waals surface area contributed by atoms with E-state index in [1.54, 1.807) is 12.1 Å². The number of pyridine rings is 1. The number of hydrogen-bond acceptors (Lipinski definition) is 3. The summed E-state index contributed by atoms with van der Waals surface area (Å²) in [5, 5.41) is 1.15. The van der Waals surface area contributed by atoms with Gasteiger partial charge in [0.05, 0.1) is 10.6 Å². The van der Waals surface area contributed by atoms with Gasteiger partial charge in [0, 0.05) is 29.9 Å². The summed E-state index contributed by atoms with van der Waals surface area (Å²) in [5.41, 5.74) is 2.83. The Labute approximate surface area is 154 Å². The van der Waals surface area contributed by atoms with Gasteiger partial charge in [-0.2, -0.15) is 0 Å². The summed E-state index contributed by atoms with van der Waals surface area (Å²) in [5.74, 6) is 0.749. The van der Waals surface area contributed by atoms with Crippen LogP contribution in [0.5, 0.6) is 0 Å². The van der Waals surface area contributed by atoms with Gasteiger partial charge in [0.25, 0.3) is 0 Å². The van der Waals surface area contributed by atoms with Crippen LogP contribution in [0.25, 0.3) is 22.3 Å². The van der Waals surface area contributed by atoms with Crippen molar-refractivity contribution in [3.63, 3.8) is 0 Å². The molecule has 1 aliphatic carbocycles. The van der Waals surface area contributed by atoms with Gasteiger partial charge in [0.1, 0.15) is 5.65 Å². The maximum Gasteiger partial charge on any atom is 0.175 e. The van der Waals surface area contributed by atoms with Gasteiger partial charge in [0.15, 0.2) is 9.84 Å². The molecule has 1 aromatic carbocycles. The standard InChI is InChI=1S/C21H24N2O2S/c1-26(24,25)19-10-7-17(8-11-19)20-12-9-18-13-14-23(21(18)22-20)15-16-5-3-2-4-6-16/h7-14,16H,2-6,15H2,1H3. The monoisotopic (exact) mass is 368 g/mol. The van der Waals surface area contributed by atoms with Crippen LogP contribution in [0, 0.1) is 5.92 Å². The van der Waals surface area contributed by atoms with Crippen LogP contribution in [0.2, 0.25) is 0 Å². The van der Waals surface area contributed by atoms with E-state index in [0.717, 1.165) is 34.8 Å². The first kappa shape index (κ1) is 17.3. The largest absolute Gasteiger partial charge is 0.332 e. The van der Waals surface area contributed by atoms with E-state index in [0.29, 0.717) is 4.90 Å². The smallest absolute Gasteiger partial charge is 0.175 e. The van der Waals surface area contributed by atoms with E-state index in [9.17, 15) is 8.42 Å². The summed E-state index contributed by atoms with van der Waals surface area (Å²) in [6, 6.07) is 13.2. The zero-order chi connectivity index (χ0) is 18.1. The normalized spacial score (nSPS) is 16.2. The molecule has 4 rings (SSSR count). The van der Waals surface area contributed by atoms with Crippen molar-refractivity contribution in [2.24, 2.45) is 5.92 Å². The highest BCUT2D eigenvalue weighted by molar-refractivity contribution is 7.90. The molecule has 1 aliphatic rings. The van der Waals surface area contributed by atoms with Crippen LogP contribution in [0.3, 0.4) is 0 Å². The number of fused-ring (bicyclic) bond motifs is 1. The fraction of sp³-hybridized carbons (Fsp3) is 0.381. The van der Waals surface area contributed by atoms with Crippen molar-refractivity contribution in [2.45, 2.75) is 43.5 Å². The highest BCUT2D eigenvalue weighted by Gasteiger charge is 2.15. The molecule has 0 unspecified atom stereocenters. The molecule has 26 heavy (non-hydrogen) atoms. The van der Waals surface area contributed by atoms with Crippen LogP contribution in [-0.4, -0.2) is 24.2 Å². The zero-order valence-corrected chi connectivity index (χ0v) is 15.9. The molecule has 0 atom stereocenters. The molecule has 1 saturated carbocycles. The summed E-state index contributed by atoms with van der Waals surface area (Å²) in [7, 11) is -3.18. The fourth-order valence-electron chi connectivity index (χ4n) is 3.89. The SMILES string of the molecule is CS(=O)(=O)c1ccc(-c2ccc3ccn(CC4CCCCC4)c3n2)cc1. The number of nitrogens with zero attached hydrogens (tertiary/aromatic N) is 2. The van der Waals surface area contributed by atoms with Crippen LogP contribution >= 0.6 is 0 Å². The predicted octanol–water partition coefficient (Wildman–Crippen LogP) is 4.69. The van der Waals surface area contributed by atoms with E-state index in [-0.39, 0.29) is 0 Å². The Hall–Kier alpha value is -2.14. The van der Waals surface area contributed by atoms with Crippen molar-refractivity contribution < 1.29 is 8.42 Å². The highest BCUT2D eigenvalue weighted by Crippen LogP contribution is 2.28. The van der Waals surface area contributed by atoms with Crippen molar-refractivity contribution in [1.82, 2.24) is 9.55 Å². The summed E-state index contributed by atoms with van der Waals surface area (Å²) in [6.07, 6.45) is 10.0. The summed E-state index contributed by atoms with van der Waals surface area (Å²) < 4.78 is 25.5. The Morgan fingerprint density at radius 3 is 2.42 bits per heavy atom. The molecule has 5 heteroatoms. The van der Waals surface area contributed by atoms with Crippen molar-refractivity contribution in [1.29, 1.82) is 0 Å². The zero-order valence-electron chi connectivity index (χ0n) is 15.1. The fourth-order valence-corrected chi connectivity index (χ4v) is 4.52. The third kappa shape index (κ3) is 3.54. The summed E-state index contributed by atoms with van der Waals surface area (Å²) >= 11 is 0. The summed E-state index contributed by atoms with van der Waals surface area (Å²) in [4.78, 5) is 5.21. The highest BCUT2D eigenvalue weighted by atomic mass is 32.2. The molecule has 0 aliphatic heterocycles. The third-order valence-electron chi connectivity index (χ3n) is 5.37. The average Bonchev–Trinajstić information content (AvgIpc) is 3.04. The number of rotatable bonds is 4. The van der Waals surface area contributed by atoms with Crippen LogP contribution < -0.4 is 0 Å². The molecule has 0 bridgehead atoms. The molecule has 0 saturated heterocycles. The molecular formula is C21H24N2O2S. The summed E-state index contributed by atoms with van der Waals surface area (Å²) in [6.45, 7) is 1.03. The van der Waals surface area contributed by atoms with Gasteiger partial charge in [-0.15, -0.1) is 0 Å².